The standard InChI is InChI=1S/C38H53N3O7/c1-24-32(22-41-30-9-6-5-8-26(30)18-21-31(41)36(46)40-38(2,3)4)47-37(48-35(24)27-14-12-25(23-42)13-15-27)28-16-19-29(20-17-28)39-33(43)10-7-11-34(44)45/h12-17,19-20,24,26,30-32,35,37,42H,5-11,18,21-23H2,1-4H3,(H,39,43)(H,40,46)(H,44,45)/t24-,26+,30+,31+,32+,35+,37+/m0/s1. The molecule has 0 aromatic heterocycles. The van der Waals surface area contributed by atoms with Crippen molar-refractivity contribution in [2.75, 3.05) is 11.9 Å². The Labute approximate surface area is 284 Å². The lowest BCUT2D eigenvalue weighted by molar-refractivity contribution is -0.278. The van der Waals surface area contributed by atoms with Crippen molar-refractivity contribution in [2.45, 2.75) is 128 Å². The average molecular weight is 664 g/mol. The molecule has 2 aromatic rings. The number of carbonyl (C=O) groups excluding carboxylic acids is 2. The number of rotatable bonds is 11. The summed E-state index contributed by atoms with van der Waals surface area (Å²) in [5.74, 6) is -0.517. The van der Waals surface area contributed by atoms with Crippen LogP contribution >= 0.6 is 0 Å². The van der Waals surface area contributed by atoms with Crippen molar-refractivity contribution >= 4 is 23.5 Å². The number of aliphatic carboxylic acids is 1. The summed E-state index contributed by atoms with van der Waals surface area (Å²) in [6, 6.07) is 15.3. The molecule has 2 saturated heterocycles. The van der Waals surface area contributed by atoms with Gasteiger partial charge in [-0.15, -0.1) is 0 Å². The van der Waals surface area contributed by atoms with Gasteiger partial charge in [-0.1, -0.05) is 56.2 Å². The molecule has 0 unspecified atom stereocenters. The van der Waals surface area contributed by atoms with Crippen molar-refractivity contribution < 1.29 is 34.1 Å². The summed E-state index contributed by atoms with van der Waals surface area (Å²) in [5, 5.41) is 24.6. The number of aliphatic hydroxyl groups excluding tert-OH is 1. The number of nitrogens with one attached hydrogen (secondary N) is 2. The second kappa shape index (κ2) is 15.9. The maximum absolute atomic E-state index is 13.8. The molecule has 0 radical (unpaired) electrons. The van der Waals surface area contributed by atoms with E-state index in [0.717, 1.165) is 36.0 Å². The minimum Gasteiger partial charge on any atom is -0.481 e. The fourth-order valence-corrected chi connectivity index (χ4v) is 7.61. The summed E-state index contributed by atoms with van der Waals surface area (Å²) in [6.45, 7) is 8.81. The molecule has 3 aliphatic rings. The highest BCUT2D eigenvalue weighted by molar-refractivity contribution is 5.90. The van der Waals surface area contributed by atoms with Gasteiger partial charge in [0.05, 0.1) is 24.9 Å². The number of benzene rings is 2. The molecule has 0 bridgehead atoms. The third-order valence-corrected chi connectivity index (χ3v) is 10.1. The summed E-state index contributed by atoms with van der Waals surface area (Å²) in [6.07, 6.45) is 5.76. The van der Waals surface area contributed by atoms with Crippen molar-refractivity contribution in [3.8, 4) is 0 Å². The van der Waals surface area contributed by atoms with Crippen LogP contribution < -0.4 is 10.6 Å². The number of amides is 2. The number of ether oxygens (including phenoxy) is 2. The van der Waals surface area contributed by atoms with E-state index in [-0.39, 0.29) is 67.4 Å². The quantitative estimate of drug-likeness (QED) is 0.226. The fraction of sp³-hybridized carbons (Fsp3) is 0.605. The molecule has 1 saturated carbocycles. The predicted molar refractivity (Wildman–Crippen MR) is 183 cm³/mol. The van der Waals surface area contributed by atoms with Gasteiger partial charge in [0.1, 0.15) is 0 Å². The highest BCUT2D eigenvalue weighted by Gasteiger charge is 2.46. The van der Waals surface area contributed by atoms with Gasteiger partial charge < -0.3 is 30.3 Å². The topological polar surface area (TPSA) is 137 Å². The number of anilines is 1. The zero-order valence-corrected chi connectivity index (χ0v) is 28.8. The van der Waals surface area contributed by atoms with Crippen LogP contribution in [0.15, 0.2) is 48.5 Å². The Bertz CT molecular complexity index is 1390. The van der Waals surface area contributed by atoms with Gasteiger partial charge in [0.15, 0.2) is 6.29 Å². The molecule has 10 heteroatoms. The summed E-state index contributed by atoms with van der Waals surface area (Å²) < 4.78 is 13.5. The van der Waals surface area contributed by atoms with Gasteiger partial charge in [-0.2, -0.15) is 0 Å². The van der Waals surface area contributed by atoms with Crippen molar-refractivity contribution in [3.63, 3.8) is 0 Å². The SMILES string of the molecule is C[C@H]1[C@@H](CN2[C@@H](C(=O)NC(C)(C)C)CC[C@H]3CCCC[C@H]32)O[C@@H](c2ccc(NC(=O)CCCC(=O)O)cc2)O[C@H]1c1ccc(CO)cc1. The Hall–Kier alpha value is -3.31. The molecule has 262 valence electrons. The number of carboxylic acid groups (broad SMARTS) is 1. The molecular weight excluding hydrogens is 610 g/mol. The Kier molecular flexibility index (Phi) is 11.9. The van der Waals surface area contributed by atoms with E-state index < -0.39 is 12.3 Å². The van der Waals surface area contributed by atoms with Gasteiger partial charge in [0, 0.05) is 48.1 Å². The van der Waals surface area contributed by atoms with Gasteiger partial charge in [0.25, 0.3) is 0 Å². The van der Waals surface area contributed by atoms with Crippen molar-refractivity contribution in [1.29, 1.82) is 0 Å². The first kappa shape index (κ1) is 36.0. The van der Waals surface area contributed by atoms with E-state index in [9.17, 15) is 19.5 Å². The number of carbonyl (C=O) groups is 3. The van der Waals surface area contributed by atoms with Gasteiger partial charge in [0.2, 0.25) is 11.8 Å². The first-order chi connectivity index (χ1) is 22.9. The van der Waals surface area contributed by atoms with Gasteiger partial charge >= 0.3 is 5.97 Å². The number of hydrogen-bond donors (Lipinski definition) is 4. The molecule has 4 N–H and O–H groups in total. The molecule has 2 heterocycles. The van der Waals surface area contributed by atoms with E-state index in [1.54, 1.807) is 12.1 Å². The number of nitrogens with zero attached hydrogens (tertiary/aromatic N) is 1. The number of aliphatic hydroxyl groups is 1. The Balaban J connectivity index is 1.39. The lowest BCUT2D eigenvalue weighted by Gasteiger charge is -2.51. The molecule has 2 aliphatic heterocycles. The van der Waals surface area contributed by atoms with Gasteiger partial charge in [-0.05, 0) is 82.1 Å². The maximum atomic E-state index is 13.8. The summed E-state index contributed by atoms with van der Waals surface area (Å²) in [5.41, 5.74) is 2.93. The largest absolute Gasteiger partial charge is 0.481 e. The summed E-state index contributed by atoms with van der Waals surface area (Å²) in [7, 11) is 0. The minimum atomic E-state index is -0.919. The Morgan fingerprint density at radius 1 is 0.896 bits per heavy atom. The predicted octanol–water partition coefficient (Wildman–Crippen LogP) is 6.10. The first-order valence-electron chi connectivity index (χ1n) is 17.6. The fourth-order valence-electron chi connectivity index (χ4n) is 7.61. The number of carboxylic acids is 1. The number of likely N-dealkylation sites (tertiary alicyclic amines) is 1. The molecule has 7 atom stereocenters. The first-order valence-corrected chi connectivity index (χ1v) is 17.6. The molecule has 3 fully saturated rings. The molecular formula is C38H53N3O7. The number of piperidine rings is 1. The molecule has 10 nitrogen and oxygen atoms in total. The van der Waals surface area contributed by atoms with Crippen LogP contribution in [0.1, 0.15) is 115 Å². The van der Waals surface area contributed by atoms with Crippen LogP contribution in [0.3, 0.4) is 0 Å². The summed E-state index contributed by atoms with van der Waals surface area (Å²) in [4.78, 5) is 39.3. The normalized spacial score (nSPS) is 27.9. The highest BCUT2D eigenvalue weighted by Crippen LogP contribution is 2.44. The molecule has 0 spiro atoms. The lowest BCUT2D eigenvalue weighted by Crippen LogP contribution is -2.61. The van der Waals surface area contributed by atoms with Gasteiger partial charge in [-0.25, -0.2) is 0 Å². The highest BCUT2D eigenvalue weighted by atomic mass is 16.7. The maximum Gasteiger partial charge on any atom is 0.303 e. The van der Waals surface area contributed by atoms with Crippen LogP contribution in [0.25, 0.3) is 0 Å². The second-order valence-corrected chi connectivity index (χ2v) is 14.9. The average Bonchev–Trinajstić information content (AvgIpc) is 3.05. The summed E-state index contributed by atoms with van der Waals surface area (Å²) >= 11 is 0. The van der Waals surface area contributed by atoms with E-state index in [4.69, 9.17) is 14.6 Å². The Morgan fingerprint density at radius 3 is 2.25 bits per heavy atom. The minimum absolute atomic E-state index is 0.0270. The smallest absolute Gasteiger partial charge is 0.303 e. The zero-order chi connectivity index (χ0) is 34.4. The van der Waals surface area contributed by atoms with Crippen LogP contribution in [0.2, 0.25) is 0 Å². The second-order valence-electron chi connectivity index (χ2n) is 14.9. The lowest BCUT2D eigenvalue weighted by atomic mass is 9.75. The van der Waals surface area contributed by atoms with E-state index in [0.29, 0.717) is 24.2 Å². The van der Waals surface area contributed by atoms with Crippen LogP contribution in [0.5, 0.6) is 0 Å². The number of hydrogen-bond acceptors (Lipinski definition) is 7. The molecule has 48 heavy (non-hydrogen) atoms. The van der Waals surface area contributed by atoms with Crippen LogP contribution in [0, 0.1) is 11.8 Å². The monoisotopic (exact) mass is 663 g/mol. The van der Waals surface area contributed by atoms with E-state index in [1.165, 1.54) is 19.3 Å². The molecule has 2 aromatic carbocycles. The third-order valence-electron chi connectivity index (χ3n) is 10.1. The third kappa shape index (κ3) is 9.22. The van der Waals surface area contributed by atoms with Gasteiger partial charge in [-0.3, -0.25) is 19.3 Å². The molecule has 5 rings (SSSR count). The number of fused-ring (bicyclic) bond motifs is 1. The molecule has 1 aliphatic carbocycles. The van der Waals surface area contributed by atoms with E-state index in [2.05, 4.69) is 22.5 Å². The van der Waals surface area contributed by atoms with Crippen LogP contribution in [-0.4, -0.2) is 63.2 Å². The van der Waals surface area contributed by atoms with Crippen molar-refractivity contribution in [2.24, 2.45) is 11.8 Å². The molecule has 2 amide bonds. The van der Waals surface area contributed by atoms with E-state index >= 15 is 0 Å². The zero-order valence-electron chi connectivity index (χ0n) is 28.8. The van der Waals surface area contributed by atoms with Crippen molar-refractivity contribution in [1.82, 2.24) is 10.2 Å². The van der Waals surface area contributed by atoms with Crippen molar-refractivity contribution in [3.05, 3.63) is 65.2 Å². The van der Waals surface area contributed by atoms with Crippen LogP contribution in [0.4, 0.5) is 5.69 Å². The Morgan fingerprint density at radius 2 is 1.58 bits per heavy atom. The van der Waals surface area contributed by atoms with Crippen LogP contribution in [-0.2, 0) is 30.5 Å². The van der Waals surface area contributed by atoms with E-state index in [1.807, 2.05) is 57.2 Å².